The van der Waals surface area contributed by atoms with E-state index >= 15 is 0 Å². The third-order valence-electron chi connectivity index (χ3n) is 6.08. The lowest BCUT2D eigenvalue weighted by atomic mass is 10.1. The molecule has 2 aliphatic carbocycles. The first-order valence-electron chi connectivity index (χ1n) is 14.7. The van der Waals surface area contributed by atoms with Gasteiger partial charge in [0.25, 0.3) is 0 Å². The summed E-state index contributed by atoms with van der Waals surface area (Å²) in [6.45, 7) is 2.93. The zero-order chi connectivity index (χ0) is 30.7. The van der Waals surface area contributed by atoms with Crippen LogP contribution in [0.1, 0.15) is 57.4 Å². The van der Waals surface area contributed by atoms with Gasteiger partial charge in [0.05, 0.1) is 30.8 Å². The van der Waals surface area contributed by atoms with Gasteiger partial charge in [-0.25, -0.2) is 19.0 Å². The Morgan fingerprint density at radius 1 is 1.36 bits per heavy atom. The van der Waals surface area contributed by atoms with Crippen molar-refractivity contribution in [3.63, 3.8) is 0 Å². The molecule has 2 aromatic heterocycles. The van der Waals surface area contributed by atoms with E-state index in [1.165, 1.54) is 23.4 Å². The summed E-state index contributed by atoms with van der Waals surface area (Å²) in [6, 6.07) is -4.76. The van der Waals surface area contributed by atoms with Crippen LogP contribution in [0.2, 0.25) is 0 Å². The van der Waals surface area contributed by atoms with Crippen LogP contribution < -0.4 is 5.32 Å². The maximum Gasteiger partial charge on any atom is 0.191 e. The summed E-state index contributed by atoms with van der Waals surface area (Å²) in [5, 5.41) is 41.6. The summed E-state index contributed by atoms with van der Waals surface area (Å²) in [4.78, 5) is 8.99. The molecule has 3 aromatic rings. The average Bonchev–Trinajstić information content (AvgIpc) is 3.27. The molecule has 36 heavy (non-hydrogen) atoms. The number of nitrogens with zero attached hydrogens (tertiary/aromatic N) is 5. The van der Waals surface area contributed by atoms with E-state index in [1.807, 2.05) is 6.92 Å². The molecule has 0 amide bonds. The van der Waals surface area contributed by atoms with Crippen LogP contribution in [0.5, 0.6) is 0 Å². The Kier molecular flexibility index (Phi) is 5.51. The van der Waals surface area contributed by atoms with Crippen LogP contribution >= 0.6 is 11.8 Å². The van der Waals surface area contributed by atoms with Crippen LogP contribution in [0.3, 0.4) is 0 Å². The van der Waals surface area contributed by atoms with Gasteiger partial charge in [-0.15, -0.1) is 5.10 Å². The SMILES string of the molecule is [2H]c1c([2H])c([C@@H]2C([2H])([2H])[C@@]2([2H])Nc2nc(SCCC)nc3c2nnn3[C@@H]2C[C@H](OCCO)[C@@H](O)[C@H]2O)c([2H])c(F)c1C. The molecule has 1 aromatic carbocycles. The predicted molar refractivity (Wildman–Crippen MR) is 133 cm³/mol. The number of rotatable bonds is 10. The molecule has 2 fully saturated rings. The first-order valence-corrected chi connectivity index (χ1v) is 12.7. The molecule has 0 saturated heterocycles. The summed E-state index contributed by atoms with van der Waals surface area (Å²) in [5.41, 5.74) is -0.405. The molecule has 0 unspecified atom stereocenters. The number of hydrogen-bond acceptors (Lipinski definition) is 10. The number of aliphatic hydroxyl groups excluding tert-OH is 3. The topological polar surface area (TPSA) is 138 Å². The van der Waals surface area contributed by atoms with E-state index in [1.54, 1.807) is 0 Å². The number of aromatic nitrogens is 5. The highest BCUT2D eigenvalue weighted by Gasteiger charge is 2.45. The monoisotopic (exact) mass is 524 g/mol. The number of benzene rings is 1. The van der Waals surface area contributed by atoms with Crippen molar-refractivity contribution in [3.05, 3.63) is 35.1 Å². The van der Waals surface area contributed by atoms with Crippen LogP contribution in [0.15, 0.2) is 23.3 Å². The number of fused-ring (bicyclic) bond motifs is 1. The molecule has 2 heterocycles. The number of aliphatic hydroxyl groups is 3. The normalized spacial score (nSPS) is 33.4. The molecule has 194 valence electrons. The Labute approximate surface area is 220 Å². The Bertz CT molecular complexity index is 1490. The van der Waals surface area contributed by atoms with Crippen LogP contribution in [0, 0.1) is 12.7 Å². The summed E-state index contributed by atoms with van der Waals surface area (Å²) < 4.78 is 72.3. The van der Waals surface area contributed by atoms with Gasteiger partial charge in [0.15, 0.2) is 22.1 Å². The molecule has 0 aliphatic heterocycles. The summed E-state index contributed by atoms with van der Waals surface area (Å²) in [6.07, 6.45) is -4.83. The minimum absolute atomic E-state index is 0.0330. The molecular formula is C24H31FN6O4S. The number of anilines is 1. The third-order valence-corrected chi connectivity index (χ3v) is 7.13. The Balaban J connectivity index is 1.56. The molecule has 4 N–H and O–H groups in total. The molecule has 0 spiro atoms. The molecule has 6 atom stereocenters. The Morgan fingerprint density at radius 3 is 2.97 bits per heavy atom. The van der Waals surface area contributed by atoms with Gasteiger partial charge >= 0.3 is 0 Å². The lowest BCUT2D eigenvalue weighted by Gasteiger charge is -2.17. The van der Waals surface area contributed by atoms with Crippen LogP contribution in [0.25, 0.3) is 11.2 Å². The van der Waals surface area contributed by atoms with Crippen molar-refractivity contribution in [1.82, 2.24) is 25.0 Å². The number of ether oxygens (including phenoxy) is 1. The maximum absolute atomic E-state index is 14.7. The average molecular weight is 525 g/mol. The molecule has 12 heteroatoms. The lowest BCUT2D eigenvalue weighted by Crippen LogP contribution is -2.33. The quantitative estimate of drug-likeness (QED) is 0.231. The highest BCUT2D eigenvalue weighted by molar-refractivity contribution is 7.99. The second kappa shape index (κ2) is 10.5. The van der Waals surface area contributed by atoms with E-state index in [4.69, 9.17) is 18.1 Å². The molecular weight excluding hydrogens is 487 g/mol. The highest BCUT2D eigenvalue weighted by atomic mass is 32.2. The predicted octanol–water partition coefficient (Wildman–Crippen LogP) is 2.18. The minimum atomic E-state index is -2.39. The fraction of sp³-hybridized carbons (Fsp3) is 0.583. The number of thioether (sulfide) groups is 1. The van der Waals surface area contributed by atoms with Crippen molar-refractivity contribution in [2.45, 2.75) is 74.5 Å². The standard InChI is InChI=1S/C24H31FN6O4S/c1-3-8-36-24-27-22(26-16-10-14(16)13-5-4-12(2)15(25)9-13)19-23(28-24)31(30-29-19)17-11-18(35-7-6-32)21(34)20(17)33/h4-5,9,14,16-18,20-21,32-34H,3,6-8,10-11H2,1-2H3,(H,26,27,28)/t14-,16+,17+,18-,20-,21+/m0/s1/i4D,5D,9D,10D2,16D. The minimum Gasteiger partial charge on any atom is -0.394 e. The van der Waals surface area contributed by atoms with Crippen molar-refractivity contribution in [2.24, 2.45) is 0 Å². The van der Waals surface area contributed by atoms with Gasteiger partial charge in [-0.2, -0.15) is 0 Å². The zero-order valence-electron chi connectivity index (χ0n) is 25.7. The van der Waals surface area contributed by atoms with Gasteiger partial charge in [-0.3, -0.25) is 0 Å². The van der Waals surface area contributed by atoms with Crippen molar-refractivity contribution in [3.8, 4) is 0 Å². The van der Waals surface area contributed by atoms with Gasteiger partial charge in [0.1, 0.15) is 18.0 Å². The fourth-order valence-electron chi connectivity index (χ4n) is 4.13. The van der Waals surface area contributed by atoms with Crippen LogP contribution in [0.4, 0.5) is 10.2 Å². The summed E-state index contributed by atoms with van der Waals surface area (Å²) in [7, 11) is 0. The fourth-order valence-corrected chi connectivity index (χ4v) is 4.82. The molecule has 0 radical (unpaired) electrons. The number of nitrogens with one attached hydrogen (secondary N) is 1. The van der Waals surface area contributed by atoms with Crippen molar-refractivity contribution >= 4 is 28.7 Å². The maximum atomic E-state index is 14.7. The third kappa shape index (κ3) is 4.92. The Hall–Kier alpha value is -2.38. The second-order valence-corrected chi connectivity index (χ2v) is 9.73. The highest BCUT2D eigenvalue weighted by Crippen LogP contribution is 2.44. The number of hydrogen-bond donors (Lipinski definition) is 4. The van der Waals surface area contributed by atoms with Crippen molar-refractivity contribution in [2.75, 3.05) is 24.3 Å². The van der Waals surface area contributed by atoms with Gasteiger partial charge in [0, 0.05) is 26.9 Å². The van der Waals surface area contributed by atoms with E-state index in [9.17, 15) is 14.6 Å². The largest absolute Gasteiger partial charge is 0.394 e. The zero-order valence-corrected chi connectivity index (χ0v) is 20.5. The van der Waals surface area contributed by atoms with Crippen molar-refractivity contribution in [1.29, 1.82) is 0 Å². The first-order chi connectivity index (χ1) is 19.8. The van der Waals surface area contributed by atoms with Gasteiger partial charge in [0.2, 0.25) is 0 Å². The lowest BCUT2D eigenvalue weighted by molar-refractivity contribution is -0.0629. The molecule has 5 rings (SSSR count). The van der Waals surface area contributed by atoms with Crippen LogP contribution in [-0.2, 0) is 4.74 Å². The molecule has 2 aliphatic rings. The van der Waals surface area contributed by atoms with Crippen LogP contribution in [-0.4, -0.2) is 83.6 Å². The van der Waals surface area contributed by atoms with E-state index in [0.717, 1.165) is 6.42 Å². The van der Waals surface area contributed by atoms with Crippen molar-refractivity contribution < 1.29 is 32.7 Å². The van der Waals surface area contributed by atoms with E-state index in [0.29, 0.717) is 5.75 Å². The summed E-state index contributed by atoms with van der Waals surface area (Å²) >= 11 is 1.29. The second-order valence-electron chi connectivity index (χ2n) is 8.67. The molecule has 2 saturated carbocycles. The Morgan fingerprint density at radius 2 is 2.19 bits per heavy atom. The van der Waals surface area contributed by atoms with Gasteiger partial charge in [-0.1, -0.05) is 36.0 Å². The molecule has 0 bridgehead atoms. The van der Waals surface area contributed by atoms with E-state index in [2.05, 4.69) is 25.6 Å². The number of halogens is 1. The molecule has 10 nitrogen and oxygen atoms in total. The summed E-state index contributed by atoms with van der Waals surface area (Å²) in [5.74, 6) is -1.96. The van der Waals surface area contributed by atoms with Gasteiger partial charge < -0.3 is 25.4 Å². The van der Waals surface area contributed by atoms with E-state index < -0.39 is 66.6 Å². The van der Waals surface area contributed by atoms with Gasteiger partial charge in [-0.05, 0) is 36.9 Å². The smallest absolute Gasteiger partial charge is 0.191 e. The van der Waals surface area contributed by atoms with E-state index in [-0.39, 0.29) is 52.9 Å². The first kappa shape index (κ1) is 18.8.